The molecule has 2 amide bonds. The van der Waals surface area contributed by atoms with Gasteiger partial charge in [0.05, 0.1) is 12.1 Å². The second-order valence-electron chi connectivity index (χ2n) is 4.32. The van der Waals surface area contributed by atoms with Crippen LogP contribution < -0.4 is 16.0 Å². The molecule has 0 aliphatic heterocycles. The van der Waals surface area contributed by atoms with E-state index in [-0.39, 0.29) is 23.6 Å². The molecule has 0 aromatic carbocycles. The zero-order valence-corrected chi connectivity index (χ0v) is 11.7. The van der Waals surface area contributed by atoms with Crippen LogP contribution in [0, 0.1) is 0 Å². The van der Waals surface area contributed by atoms with E-state index in [0.717, 1.165) is 0 Å². The minimum atomic E-state index is -0.616. The average Bonchev–Trinajstić information content (AvgIpc) is 2.33. The fourth-order valence-corrected chi connectivity index (χ4v) is 1.20. The lowest BCUT2D eigenvalue weighted by atomic mass is 10.1. The van der Waals surface area contributed by atoms with Crippen molar-refractivity contribution in [3.05, 3.63) is 0 Å². The van der Waals surface area contributed by atoms with E-state index in [1.165, 1.54) is 6.92 Å². The first-order valence-corrected chi connectivity index (χ1v) is 6.11. The van der Waals surface area contributed by atoms with E-state index in [1.54, 1.807) is 27.8 Å². The van der Waals surface area contributed by atoms with Crippen molar-refractivity contribution in [3.63, 3.8) is 0 Å². The van der Waals surface area contributed by atoms with E-state index in [0.29, 0.717) is 6.42 Å². The van der Waals surface area contributed by atoms with E-state index < -0.39 is 12.1 Å². The van der Waals surface area contributed by atoms with Crippen molar-refractivity contribution < 1.29 is 14.4 Å². The fraction of sp³-hybridized carbons (Fsp3) is 0.750. The predicted molar refractivity (Wildman–Crippen MR) is 69.0 cm³/mol. The molecule has 0 bridgehead atoms. The molecule has 0 heterocycles. The van der Waals surface area contributed by atoms with Gasteiger partial charge in [0.2, 0.25) is 11.8 Å². The van der Waals surface area contributed by atoms with Crippen LogP contribution in [0.1, 0.15) is 34.1 Å². The zero-order valence-electron chi connectivity index (χ0n) is 11.7. The molecule has 0 aliphatic rings. The summed E-state index contributed by atoms with van der Waals surface area (Å²) < 4.78 is 0. The van der Waals surface area contributed by atoms with Gasteiger partial charge in [-0.2, -0.15) is 0 Å². The third kappa shape index (κ3) is 5.27. The van der Waals surface area contributed by atoms with Gasteiger partial charge in [0, 0.05) is 0 Å². The van der Waals surface area contributed by atoms with Crippen LogP contribution in [0.5, 0.6) is 0 Å². The molecule has 0 aromatic heterocycles. The van der Waals surface area contributed by atoms with Crippen LogP contribution in [0.2, 0.25) is 0 Å². The van der Waals surface area contributed by atoms with Gasteiger partial charge in [-0.25, -0.2) is 0 Å². The van der Waals surface area contributed by atoms with Gasteiger partial charge in [-0.3, -0.25) is 14.4 Å². The number of Topliss-reactive ketones (excluding diaryl/α,β-unsaturated/α-hetero) is 1. The summed E-state index contributed by atoms with van der Waals surface area (Å²) in [6.07, 6.45) is 0.471. The second-order valence-corrected chi connectivity index (χ2v) is 4.32. The Labute approximate surface area is 108 Å². The van der Waals surface area contributed by atoms with Crippen molar-refractivity contribution in [2.45, 2.75) is 52.2 Å². The maximum Gasteiger partial charge on any atom is 0.243 e. The Balaban J connectivity index is 4.45. The third-order valence-electron chi connectivity index (χ3n) is 2.84. The molecular formula is C12H23N3O3. The van der Waals surface area contributed by atoms with Gasteiger partial charge in [0.25, 0.3) is 0 Å². The first-order chi connectivity index (χ1) is 8.33. The standard InChI is InChI=1S/C12H23N3O3/c1-6-10(15-11(17)8(3)13-5)12(18)14-7(2)9(4)16/h7-8,10,13H,6H2,1-5H3,(H,14,18)(H,15,17). The number of hydrogen-bond donors (Lipinski definition) is 3. The highest BCUT2D eigenvalue weighted by Crippen LogP contribution is 1.95. The topological polar surface area (TPSA) is 87.3 Å². The minimum Gasteiger partial charge on any atom is -0.345 e. The van der Waals surface area contributed by atoms with Crippen molar-refractivity contribution in [2.75, 3.05) is 7.05 Å². The van der Waals surface area contributed by atoms with E-state index >= 15 is 0 Å². The Morgan fingerprint density at radius 1 is 1.00 bits per heavy atom. The highest BCUT2D eigenvalue weighted by Gasteiger charge is 2.23. The van der Waals surface area contributed by atoms with Crippen LogP contribution in [0.25, 0.3) is 0 Å². The molecule has 0 radical (unpaired) electrons. The number of likely N-dealkylation sites (N-methyl/N-ethyl adjacent to an activating group) is 1. The fourth-order valence-electron chi connectivity index (χ4n) is 1.20. The lowest BCUT2D eigenvalue weighted by Gasteiger charge is -2.20. The van der Waals surface area contributed by atoms with Gasteiger partial charge in [-0.1, -0.05) is 6.92 Å². The van der Waals surface area contributed by atoms with Gasteiger partial charge in [-0.05, 0) is 34.2 Å². The van der Waals surface area contributed by atoms with Gasteiger partial charge in [-0.15, -0.1) is 0 Å². The summed E-state index contributed by atoms with van der Waals surface area (Å²) in [4.78, 5) is 34.5. The first-order valence-electron chi connectivity index (χ1n) is 6.11. The van der Waals surface area contributed by atoms with Crippen LogP contribution in [-0.2, 0) is 14.4 Å². The maximum absolute atomic E-state index is 11.8. The molecule has 0 saturated heterocycles. The summed E-state index contributed by atoms with van der Waals surface area (Å²) in [6, 6.07) is -1.52. The van der Waals surface area contributed by atoms with Gasteiger partial charge in [0.1, 0.15) is 6.04 Å². The molecule has 3 unspecified atom stereocenters. The number of nitrogens with one attached hydrogen (secondary N) is 3. The molecule has 0 fully saturated rings. The van der Waals surface area contributed by atoms with Crippen LogP contribution in [-0.4, -0.2) is 42.8 Å². The summed E-state index contributed by atoms with van der Waals surface area (Å²) in [7, 11) is 1.67. The number of rotatable bonds is 7. The molecule has 6 heteroatoms. The van der Waals surface area contributed by atoms with Crippen LogP contribution in [0.4, 0.5) is 0 Å². The molecule has 0 spiro atoms. The molecule has 3 N–H and O–H groups in total. The summed E-state index contributed by atoms with van der Waals surface area (Å²) >= 11 is 0. The van der Waals surface area contributed by atoms with Crippen molar-refractivity contribution in [3.8, 4) is 0 Å². The zero-order chi connectivity index (χ0) is 14.3. The first kappa shape index (κ1) is 16.6. The molecule has 0 rings (SSSR count). The number of amides is 2. The van der Waals surface area contributed by atoms with Crippen LogP contribution in [0.15, 0.2) is 0 Å². The van der Waals surface area contributed by atoms with Gasteiger partial charge < -0.3 is 16.0 Å². The van der Waals surface area contributed by atoms with Crippen molar-refractivity contribution in [2.24, 2.45) is 0 Å². The highest BCUT2D eigenvalue weighted by atomic mass is 16.2. The number of carbonyl (C=O) groups excluding carboxylic acids is 3. The van der Waals surface area contributed by atoms with Crippen molar-refractivity contribution in [1.82, 2.24) is 16.0 Å². The van der Waals surface area contributed by atoms with E-state index in [2.05, 4.69) is 16.0 Å². The molecule has 0 aliphatic carbocycles. The second kappa shape index (κ2) is 7.81. The molecule has 18 heavy (non-hydrogen) atoms. The van der Waals surface area contributed by atoms with Gasteiger partial charge >= 0.3 is 0 Å². The average molecular weight is 257 g/mol. The molecule has 0 saturated carbocycles. The molecule has 104 valence electrons. The lowest BCUT2D eigenvalue weighted by molar-refractivity contribution is -0.131. The smallest absolute Gasteiger partial charge is 0.243 e. The quantitative estimate of drug-likeness (QED) is 0.578. The minimum absolute atomic E-state index is 0.117. The molecule has 6 nitrogen and oxygen atoms in total. The van der Waals surface area contributed by atoms with Crippen LogP contribution in [0.3, 0.4) is 0 Å². The SMILES string of the molecule is CCC(NC(=O)C(C)NC)C(=O)NC(C)C(C)=O. The van der Waals surface area contributed by atoms with Gasteiger partial charge in [0.15, 0.2) is 5.78 Å². The number of hydrogen-bond acceptors (Lipinski definition) is 4. The Hall–Kier alpha value is -1.43. The number of carbonyl (C=O) groups is 3. The van der Waals surface area contributed by atoms with Crippen LogP contribution >= 0.6 is 0 Å². The maximum atomic E-state index is 11.8. The molecule has 3 atom stereocenters. The molecular weight excluding hydrogens is 234 g/mol. The Morgan fingerprint density at radius 3 is 1.94 bits per heavy atom. The Morgan fingerprint density at radius 2 is 1.56 bits per heavy atom. The normalized spacial score (nSPS) is 15.4. The number of ketones is 1. The van der Waals surface area contributed by atoms with Crippen molar-refractivity contribution >= 4 is 17.6 Å². The summed E-state index contributed by atoms with van der Waals surface area (Å²) in [6.45, 7) is 6.53. The molecule has 0 aromatic rings. The lowest BCUT2D eigenvalue weighted by Crippen LogP contribution is -2.53. The van der Waals surface area contributed by atoms with E-state index in [9.17, 15) is 14.4 Å². The summed E-state index contributed by atoms with van der Waals surface area (Å²) in [5.41, 5.74) is 0. The summed E-state index contributed by atoms with van der Waals surface area (Å²) in [5, 5.41) is 8.00. The highest BCUT2D eigenvalue weighted by molar-refractivity contribution is 5.92. The Bertz CT molecular complexity index is 318. The largest absolute Gasteiger partial charge is 0.345 e. The predicted octanol–water partition coefficient (Wildman–Crippen LogP) is -0.417. The summed E-state index contributed by atoms with van der Waals surface area (Å²) in [5.74, 6) is -0.694. The van der Waals surface area contributed by atoms with E-state index in [4.69, 9.17) is 0 Å². The van der Waals surface area contributed by atoms with E-state index in [1.807, 2.05) is 0 Å². The monoisotopic (exact) mass is 257 g/mol. The Kier molecular flexibility index (Phi) is 7.19. The van der Waals surface area contributed by atoms with Crippen molar-refractivity contribution in [1.29, 1.82) is 0 Å². The third-order valence-corrected chi connectivity index (χ3v) is 2.84.